The first-order valence-corrected chi connectivity index (χ1v) is 6.52. The lowest BCUT2D eigenvalue weighted by atomic mass is 10.0. The van der Waals surface area contributed by atoms with Crippen molar-refractivity contribution in [2.24, 2.45) is 0 Å². The maximum atomic E-state index is 6.19. The van der Waals surface area contributed by atoms with Crippen molar-refractivity contribution in [3.63, 3.8) is 0 Å². The molecule has 0 fully saturated rings. The third-order valence-corrected chi connectivity index (χ3v) is 3.53. The molecule has 4 heteroatoms. The maximum Gasteiger partial charge on any atom is 0.101 e. The highest BCUT2D eigenvalue weighted by molar-refractivity contribution is 6.35. The van der Waals surface area contributed by atoms with Crippen molar-refractivity contribution in [3.05, 3.63) is 57.5 Å². The molecule has 2 aromatic rings. The summed E-state index contributed by atoms with van der Waals surface area (Å²) < 4.78 is 5.34. The Labute approximate surface area is 117 Å². The molecule has 1 unspecified atom stereocenters. The topological polar surface area (TPSA) is 25.2 Å². The summed E-state index contributed by atoms with van der Waals surface area (Å²) in [4.78, 5) is 0. The minimum Gasteiger partial charge on any atom is -0.469 e. The number of hydrogen-bond acceptors (Lipinski definition) is 2. The summed E-state index contributed by atoms with van der Waals surface area (Å²) in [5.41, 5.74) is 2.19. The number of benzene rings is 1. The molecule has 0 aliphatic rings. The molecule has 0 saturated carbocycles. The van der Waals surface area contributed by atoms with Crippen LogP contribution in [-0.2, 0) is 6.42 Å². The highest BCUT2D eigenvalue weighted by Gasteiger charge is 2.14. The first-order valence-electron chi connectivity index (χ1n) is 5.76. The zero-order chi connectivity index (χ0) is 13.1. The molecule has 0 saturated heterocycles. The zero-order valence-corrected chi connectivity index (χ0v) is 11.8. The Morgan fingerprint density at radius 3 is 2.61 bits per heavy atom. The van der Waals surface area contributed by atoms with Crippen molar-refractivity contribution < 1.29 is 4.42 Å². The van der Waals surface area contributed by atoms with Gasteiger partial charge in [-0.15, -0.1) is 0 Å². The molecule has 1 aromatic heterocycles. The van der Waals surface area contributed by atoms with E-state index in [4.69, 9.17) is 27.6 Å². The van der Waals surface area contributed by atoms with Crippen LogP contribution in [0.2, 0.25) is 10.0 Å². The smallest absolute Gasteiger partial charge is 0.101 e. The highest BCUT2D eigenvalue weighted by Crippen LogP contribution is 2.26. The van der Waals surface area contributed by atoms with E-state index in [1.54, 1.807) is 12.3 Å². The minimum absolute atomic E-state index is 0.182. The fraction of sp³-hybridized carbons (Fsp3) is 0.286. The molecule has 0 bridgehead atoms. The third-order valence-electron chi connectivity index (χ3n) is 2.94. The van der Waals surface area contributed by atoms with Gasteiger partial charge < -0.3 is 9.73 Å². The van der Waals surface area contributed by atoms with Gasteiger partial charge in [-0.3, -0.25) is 0 Å². The second-order valence-electron chi connectivity index (χ2n) is 4.27. The predicted octanol–water partition coefficient (Wildman–Crippen LogP) is 4.40. The molecular weight excluding hydrogens is 269 g/mol. The standard InChI is InChI=1S/C14H15Cl2NO/c1-9-5-11(8-18-9)14(17-2)6-10-3-4-12(15)7-13(10)16/h3-5,7-8,14,17H,6H2,1-2H3. The van der Waals surface area contributed by atoms with Crippen molar-refractivity contribution in [2.75, 3.05) is 7.05 Å². The van der Waals surface area contributed by atoms with Crippen LogP contribution in [0.15, 0.2) is 34.9 Å². The van der Waals surface area contributed by atoms with E-state index >= 15 is 0 Å². The molecule has 96 valence electrons. The Bertz CT molecular complexity index is 536. The lowest BCUT2D eigenvalue weighted by molar-refractivity contribution is 0.520. The van der Waals surface area contributed by atoms with Crippen molar-refractivity contribution in [2.45, 2.75) is 19.4 Å². The van der Waals surface area contributed by atoms with Gasteiger partial charge in [0.15, 0.2) is 0 Å². The van der Waals surface area contributed by atoms with Crippen molar-refractivity contribution >= 4 is 23.2 Å². The first kappa shape index (κ1) is 13.5. The van der Waals surface area contributed by atoms with Crippen LogP contribution in [0.3, 0.4) is 0 Å². The maximum absolute atomic E-state index is 6.19. The molecule has 1 heterocycles. The Kier molecular flexibility index (Phi) is 4.33. The van der Waals surface area contributed by atoms with E-state index in [2.05, 4.69) is 5.32 Å². The molecule has 0 amide bonds. The van der Waals surface area contributed by atoms with Gasteiger partial charge in [-0.25, -0.2) is 0 Å². The average Bonchev–Trinajstić information content (AvgIpc) is 2.75. The van der Waals surface area contributed by atoms with Gasteiger partial charge in [0, 0.05) is 21.7 Å². The summed E-state index contributed by atoms with van der Waals surface area (Å²) in [6.45, 7) is 1.94. The summed E-state index contributed by atoms with van der Waals surface area (Å²) in [7, 11) is 1.93. The first-order chi connectivity index (χ1) is 8.60. The summed E-state index contributed by atoms with van der Waals surface area (Å²) in [6.07, 6.45) is 2.58. The SMILES string of the molecule is CNC(Cc1ccc(Cl)cc1Cl)c1coc(C)c1. The minimum atomic E-state index is 0.182. The fourth-order valence-corrected chi connectivity index (χ4v) is 2.43. The van der Waals surface area contributed by atoms with Crippen molar-refractivity contribution in [1.82, 2.24) is 5.32 Å². The molecule has 18 heavy (non-hydrogen) atoms. The molecule has 1 atom stereocenters. The fourth-order valence-electron chi connectivity index (χ4n) is 1.94. The average molecular weight is 284 g/mol. The summed E-state index contributed by atoms with van der Waals surface area (Å²) in [6, 6.07) is 7.80. The van der Waals surface area contributed by atoms with Crippen LogP contribution >= 0.6 is 23.2 Å². The Hall–Kier alpha value is -0.960. The van der Waals surface area contributed by atoms with E-state index in [-0.39, 0.29) is 6.04 Å². The quantitative estimate of drug-likeness (QED) is 0.900. The number of nitrogens with one attached hydrogen (secondary N) is 1. The second kappa shape index (κ2) is 5.79. The molecule has 0 aliphatic heterocycles. The van der Waals surface area contributed by atoms with Crippen LogP contribution in [-0.4, -0.2) is 7.05 Å². The second-order valence-corrected chi connectivity index (χ2v) is 5.12. The van der Waals surface area contributed by atoms with Gasteiger partial charge in [-0.1, -0.05) is 29.3 Å². The van der Waals surface area contributed by atoms with E-state index in [0.29, 0.717) is 10.0 Å². The molecule has 1 N–H and O–H groups in total. The van der Waals surface area contributed by atoms with Gasteiger partial charge in [0.25, 0.3) is 0 Å². The molecule has 1 aromatic carbocycles. The van der Waals surface area contributed by atoms with Crippen LogP contribution in [0.1, 0.15) is 22.9 Å². The van der Waals surface area contributed by atoms with Crippen LogP contribution in [0.4, 0.5) is 0 Å². The highest BCUT2D eigenvalue weighted by atomic mass is 35.5. The predicted molar refractivity (Wildman–Crippen MR) is 75.4 cm³/mol. The van der Waals surface area contributed by atoms with Gasteiger partial charge in [0.05, 0.1) is 6.26 Å². The zero-order valence-electron chi connectivity index (χ0n) is 10.3. The molecule has 2 nitrogen and oxygen atoms in total. The van der Waals surface area contributed by atoms with Gasteiger partial charge in [-0.2, -0.15) is 0 Å². The number of rotatable bonds is 4. The van der Waals surface area contributed by atoms with E-state index < -0.39 is 0 Å². The van der Waals surface area contributed by atoms with Crippen molar-refractivity contribution in [1.29, 1.82) is 0 Å². The van der Waals surface area contributed by atoms with Gasteiger partial charge >= 0.3 is 0 Å². The third kappa shape index (κ3) is 3.08. The summed E-state index contributed by atoms with van der Waals surface area (Å²) in [5, 5.41) is 4.62. The van der Waals surface area contributed by atoms with Crippen LogP contribution in [0.5, 0.6) is 0 Å². The lowest BCUT2D eigenvalue weighted by Gasteiger charge is -2.15. The number of hydrogen-bond donors (Lipinski definition) is 1. The Morgan fingerprint density at radius 2 is 2.06 bits per heavy atom. The van der Waals surface area contributed by atoms with E-state index in [9.17, 15) is 0 Å². The molecule has 0 radical (unpaired) electrons. The van der Waals surface area contributed by atoms with E-state index in [1.165, 1.54) is 0 Å². The Morgan fingerprint density at radius 1 is 1.28 bits per heavy atom. The van der Waals surface area contributed by atoms with Crippen LogP contribution in [0.25, 0.3) is 0 Å². The number of aryl methyl sites for hydroxylation is 1. The Balaban J connectivity index is 2.20. The number of likely N-dealkylation sites (N-methyl/N-ethyl adjacent to an activating group) is 1. The molecule has 0 aliphatic carbocycles. The number of furan rings is 1. The summed E-state index contributed by atoms with van der Waals surface area (Å²) >= 11 is 12.1. The normalized spacial score (nSPS) is 12.7. The largest absolute Gasteiger partial charge is 0.469 e. The monoisotopic (exact) mass is 283 g/mol. The van der Waals surface area contributed by atoms with Gasteiger partial charge in [-0.05, 0) is 44.2 Å². The summed E-state index contributed by atoms with van der Waals surface area (Å²) in [5.74, 6) is 0.910. The molecule has 2 rings (SSSR count). The molecule has 0 spiro atoms. The van der Waals surface area contributed by atoms with Gasteiger partial charge in [0.1, 0.15) is 5.76 Å². The van der Waals surface area contributed by atoms with Gasteiger partial charge in [0.2, 0.25) is 0 Å². The van der Waals surface area contributed by atoms with Crippen LogP contribution in [0, 0.1) is 6.92 Å². The van der Waals surface area contributed by atoms with E-state index in [1.807, 2.05) is 32.2 Å². The van der Waals surface area contributed by atoms with Crippen LogP contribution < -0.4 is 5.32 Å². The molecular formula is C14H15Cl2NO. The van der Waals surface area contributed by atoms with E-state index in [0.717, 1.165) is 23.3 Å². The number of halogens is 2. The van der Waals surface area contributed by atoms with Crippen molar-refractivity contribution in [3.8, 4) is 0 Å². The lowest BCUT2D eigenvalue weighted by Crippen LogP contribution is -2.18.